The molecule has 0 spiro atoms. The molecule has 0 saturated heterocycles. The molecule has 0 atom stereocenters. The lowest BCUT2D eigenvalue weighted by Gasteiger charge is -2.08. The third-order valence-corrected chi connectivity index (χ3v) is 3.88. The van der Waals surface area contributed by atoms with E-state index in [2.05, 4.69) is 37.2 Å². The second kappa shape index (κ2) is 4.64. The van der Waals surface area contributed by atoms with Gasteiger partial charge in [-0.15, -0.1) is 0 Å². The molecule has 0 saturated carbocycles. The summed E-state index contributed by atoms with van der Waals surface area (Å²) < 4.78 is 1.23. The second-order valence-electron chi connectivity index (χ2n) is 2.11. The molecule has 1 rings (SSSR count). The molecule has 13 heavy (non-hydrogen) atoms. The van der Waals surface area contributed by atoms with Crippen molar-refractivity contribution >= 4 is 67.2 Å². The van der Waals surface area contributed by atoms with E-state index < -0.39 is 0 Å². The molecule has 2 nitrogen and oxygen atoms in total. The first-order valence-corrected chi connectivity index (χ1v) is 5.45. The van der Waals surface area contributed by atoms with Gasteiger partial charge in [0.25, 0.3) is 0 Å². The maximum atomic E-state index is 10.2. The van der Waals surface area contributed by atoms with Gasteiger partial charge in [-0.1, -0.05) is 23.2 Å². The summed E-state index contributed by atoms with van der Waals surface area (Å²) in [6.45, 7) is 0. The van der Waals surface area contributed by atoms with Crippen molar-refractivity contribution in [2.75, 3.05) is 5.32 Å². The van der Waals surface area contributed by atoms with Gasteiger partial charge in [0.05, 0.1) is 20.2 Å². The third kappa shape index (κ3) is 2.37. The molecule has 0 aliphatic rings. The molecule has 1 N–H and O–H groups in total. The summed E-state index contributed by atoms with van der Waals surface area (Å²) in [5.41, 5.74) is 0.463. The molecule has 0 aliphatic carbocycles. The first-order chi connectivity index (χ1) is 6.07. The summed E-state index contributed by atoms with van der Waals surface area (Å²) in [6.07, 6.45) is 0.538. The predicted octanol–water partition coefficient (Wildman–Crippen LogP) is 4.09. The van der Waals surface area contributed by atoms with Gasteiger partial charge in [0.15, 0.2) is 0 Å². The molecule has 0 aliphatic heterocycles. The number of benzene rings is 1. The molecule has 6 heteroatoms. The van der Waals surface area contributed by atoms with E-state index in [0.717, 1.165) is 0 Å². The van der Waals surface area contributed by atoms with Crippen molar-refractivity contribution in [2.24, 2.45) is 0 Å². The van der Waals surface area contributed by atoms with Gasteiger partial charge in [-0.2, -0.15) is 0 Å². The lowest BCUT2D eigenvalue weighted by atomic mass is 10.3. The number of amides is 1. The summed E-state index contributed by atoms with van der Waals surface area (Å²) in [4.78, 5) is 10.2. The van der Waals surface area contributed by atoms with Crippen LogP contribution in [0.15, 0.2) is 15.0 Å². The normalized spacial score (nSPS) is 9.85. The highest BCUT2D eigenvalue weighted by Crippen LogP contribution is 2.40. The molecule has 70 valence electrons. The van der Waals surface area contributed by atoms with Gasteiger partial charge in [-0.3, -0.25) is 4.79 Å². The van der Waals surface area contributed by atoms with E-state index in [4.69, 9.17) is 23.2 Å². The Labute approximate surface area is 102 Å². The fraction of sp³-hybridized carbons (Fsp3) is 0. The summed E-state index contributed by atoms with van der Waals surface area (Å²) in [7, 11) is 0. The molecule has 1 aromatic carbocycles. The van der Waals surface area contributed by atoms with Crippen molar-refractivity contribution in [2.45, 2.75) is 0 Å². The van der Waals surface area contributed by atoms with Crippen LogP contribution in [-0.4, -0.2) is 6.41 Å². The molecule has 1 aromatic rings. The Bertz CT molecular complexity index is 357. The van der Waals surface area contributed by atoms with Gasteiger partial charge in [-0.25, -0.2) is 0 Å². The van der Waals surface area contributed by atoms with E-state index in [-0.39, 0.29) is 0 Å². The van der Waals surface area contributed by atoms with Crippen LogP contribution >= 0.6 is 55.1 Å². The highest BCUT2D eigenvalue weighted by molar-refractivity contribution is 9.11. The SMILES string of the molecule is O=CNc1c(Cl)cc(Br)c(Cl)c1Br. The lowest BCUT2D eigenvalue weighted by Crippen LogP contribution is -1.96. The molecular formula is C7H3Br2Cl2NO. The monoisotopic (exact) mass is 345 g/mol. The van der Waals surface area contributed by atoms with Crippen LogP contribution in [0.5, 0.6) is 0 Å². The van der Waals surface area contributed by atoms with E-state index in [1.165, 1.54) is 0 Å². The fourth-order valence-electron chi connectivity index (χ4n) is 0.757. The minimum absolute atomic E-state index is 0.412. The standard InChI is InChI=1S/C7H3Br2Cl2NO/c8-3-1-4(10)7(12-2-13)5(9)6(3)11/h1-2H,(H,12,13). The smallest absolute Gasteiger partial charge is 0.211 e. The predicted molar refractivity (Wildman–Crippen MR) is 61.5 cm³/mol. The minimum Gasteiger partial charge on any atom is -0.326 e. The van der Waals surface area contributed by atoms with Crippen molar-refractivity contribution < 1.29 is 4.79 Å². The van der Waals surface area contributed by atoms with Gasteiger partial charge in [0.2, 0.25) is 6.41 Å². The highest BCUT2D eigenvalue weighted by Gasteiger charge is 2.11. The van der Waals surface area contributed by atoms with Crippen LogP contribution < -0.4 is 5.32 Å². The molecule has 0 heterocycles. The molecule has 0 aromatic heterocycles. The lowest BCUT2D eigenvalue weighted by molar-refractivity contribution is -0.105. The number of carbonyl (C=O) groups is 1. The van der Waals surface area contributed by atoms with Gasteiger partial charge in [0.1, 0.15) is 0 Å². The Hall–Kier alpha value is 0.230. The van der Waals surface area contributed by atoms with Crippen LogP contribution in [0.1, 0.15) is 0 Å². The summed E-state index contributed by atoms with van der Waals surface area (Å²) in [5, 5.41) is 3.33. The minimum atomic E-state index is 0.412. The Morgan fingerprint density at radius 1 is 1.38 bits per heavy atom. The van der Waals surface area contributed by atoms with Crippen molar-refractivity contribution in [1.82, 2.24) is 0 Å². The van der Waals surface area contributed by atoms with Crippen LogP contribution in [0.3, 0.4) is 0 Å². The van der Waals surface area contributed by atoms with E-state index in [1.54, 1.807) is 6.07 Å². The molecule has 0 bridgehead atoms. The summed E-state index contributed by atoms with van der Waals surface area (Å²) >= 11 is 18.2. The van der Waals surface area contributed by atoms with E-state index in [0.29, 0.717) is 31.1 Å². The van der Waals surface area contributed by atoms with Crippen LogP contribution in [0.4, 0.5) is 5.69 Å². The average molecular weight is 348 g/mol. The zero-order chi connectivity index (χ0) is 10.0. The number of rotatable bonds is 2. The molecule has 0 radical (unpaired) electrons. The van der Waals surface area contributed by atoms with Gasteiger partial charge >= 0.3 is 0 Å². The quantitative estimate of drug-likeness (QED) is 0.487. The second-order valence-corrected chi connectivity index (χ2v) is 4.54. The molecule has 0 unspecified atom stereocenters. The first-order valence-electron chi connectivity index (χ1n) is 3.11. The Kier molecular flexibility index (Phi) is 4.04. The number of halogens is 4. The molecule has 1 amide bonds. The van der Waals surface area contributed by atoms with E-state index >= 15 is 0 Å². The molecule has 0 fully saturated rings. The molecular weight excluding hydrogens is 345 g/mol. The number of hydrogen-bond donors (Lipinski definition) is 1. The van der Waals surface area contributed by atoms with Crippen molar-refractivity contribution in [3.8, 4) is 0 Å². The van der Waals surface area contributed by atoms with E-state index in [9.17, 15) is 4.79 Å². The largest absolute Gasteiger partial charge is 0.326 e. The highest BCUT2D eigenvalue weighted by atomic mass is 79.9. The maximum Gasteiger partial charge on any atom is 0.211 e. The number of hydrogen-bond acceptors (Lipinski definition) is 1. The maximum absolute atomic E-state index is 10.2. The third-order valence-electron chi connectivity index (χ3n) is 1.32. The number of nitrogens with one attached hydrogen (secondary N) is 1. The number of carbonyl (C=O) groups excluding carboxylic acids is 1. The van der Waals surface area contributed by atoms with E-state index in [1.807, 2.05) is 0 Å². The number of anilines is 1. The topological polar surface area (TPSA) is 29.1 Å². The van der Waals surface area contributed by atoms with Gasteiger partial charge < -0.3 is 5.32 Å². The Morgan fingerprint density at radius 3 is 2.54 bits per heavy atom. The van der Waals surface area contributed by atoms with Crippen molar-refractivity contribution in [3.63, 3.8) is 0 Å². The van der Waals surface area contributed by atoms with Gasteiger partial charge in [0, 0.05) is 4.47 Å². The van der Waals surface area contributed by atoms with Crippen molar-refractivity contribution in [1.29, 1.82) is 0 Å². The zero-order valence-electron chi connectivity index (χ0n) is 6.07. The van der Waals surface area contributed by atoms with Crippen LogP contribution in [0.2, 0.25) is 10.0 Å². The average Bonchev–Trinajstić information content (AvgIpc) is 2.09. The van der Waals surface area contributed by atoms with Crippen LogP contribution in [-0.2, 0) is 4.79 Å². The van der Waals surface area contributed by atoms with Crippen molar-refractivity contribution in [3.05, 3.63) is 25.1 Å². The summed E-state index contributed by atoms with van der Waals surface area (Å²) in [5.74, 6) is 0. The fourth-order valence-corrected chi connectivity index (χ4v) is 2.65. The zero-order valence-corrected chi connectivity index (χ0v) is 10.8. The van der Waals surface area contributed by atoms with Crippen LogP contribution in [0, 0.1) is 0 Å². The van der Waals surface area contributed by atoms with Gasteiger partial charge in [-0.05, 0) is 37.9 Å². The van der Waals surface area contributed by atoms with Crippen LogP contribution in [0.25, 0.3) is 0 Å². The Balaban J connectivity index is 3.34. The Morgan fingerprint density at radius 2 is 2.00 bits per heavy atom. The first kappa shape index (κ1) is 11.3. The summed E-state index contributed by atoms with van der Waals surface area (Å²) in [6, 6.07) is 1.61.